The van der Waals surface area contributed by atoms with E-state index in [-0.39, 0.29) is 11.9 Å². The van der Waals surface area contributed by atoms with Crippen LogP contribution in [0.15, 0.2) is 64.3 Å². The molecular formula is C14H13N3O3. The van der Waals surface area contributed by atoms with E-state index in [9.17, 15) is 4.79 Å². The van der Waals surface area contributed by atoms with Crippen LogP contribution in [0.5, 0.6) is 0 Å². The SMILES string of the molecule is O=C(NC[C@H](c1ccco1)n1cccn1)c1ccoc1. The van der Waals surface area contributed by atoms with E-state index in [0.29, 0.717) is 12.1 Å². The van der Waals surface area contributed by atoms with Crippen LogP contribution in [0.25, 0.3) is 0 Å². The van der Waals surface area contributed by atoms with Gasteiger partial charge in [-0.1, -0.05) is 0 Å². The fourth-order valence-corrected chi connectivity index (χ4v) is 1.96. The molecule has 1 amide bonds. The van der Waals surface area contributed by atoms with Crippen LogP contribution in [-0.4, -0.2) is 22.2 Å². The maximum Gasteiger partial charge on any atom is 0.254 e. The van der Waals surface area contributed by atoms with Gasteiger partial charge >= 0.3 is 0 Å². The second-order valence-electron chi connectivity index (χ2n) is 4.24. The Kier molecular flexibility index (Phi) is 3.36. The predicted octanol–water partition coefficient (Wildman–Crippen LogP) is 2.09. The molecule has 1 atom stereocenters. The Hall–Kier alpha value is -2.76. The van der Waals surface area contributed by atoms with Gasteiger partial charge in [0.25, 0.3) is 5.91 Å². The molecule has 0 aromatic carbocycles. The van der Waals surface area contributed by atoms with Crippen molar-refractivity contribution < 1.29 is 13.6 Å². The third-order valence-electron chi connectivity index (χ3n) is 2.96. The van der Waals surface area contributed by atoms with Crippen LogP contribution in [0.3, 0.4) is 0 Å². The highest BCUT2D eigenvalue weighted by molar-refractivity contribution is 5.93. The van der Waals surface area contributed by atoms with E-state index < -0.39 is 0 Å². The number of rotatable bonds is 5. The van der Waals surface area contributed by atoms with Gasteiger partial charge in [-0.25, -0.2) is 0 Å². The van der Waals surface area contributed by atoms with E-state index in [2.05, 4.69) is 10.4 Å². The summed E-state index contributed by atoms with van der Waals surface area (Å²) in [5.74, 6) is 0.545. The first-order valence-electron chi connectivity index (χ1n) is 6.17. The summed E-state index contributed by atoms with van der Waals surface area (Å²) < 4.78 is 12.0. The Balaban J connectivity index is 1.73. The normalized spacial score (nSPS) is 12.2. The quantitative estimate of drug-likeness (QED) is 0.771. The topological polar surface area (TPSA) is 73.2 Å². The smallest absolute Gasteiger partial charge is 0.254 e. The van der Waals surface area contributed by atoms with Crippen molar-refractivity contribution >= 4 is 5.91 Å². The van der Waals surface area contributed by atoms with Crippen LogP contribution in [0.4, 0.5) is 0 Å². The summed E-state index contributed by atoms with van der Waals surface area (Å²) in [6.45, 7) is 0.374. The van der Waals surface area contributed by atoms with Crippen molar-refractivity contribution in [3.63, 3.8) is 0 Å². The Labute approximate surface area is 115 Å². The van der Waals surface area contributed by atoms with E-state index in [1.165, 1.54) is 12.5 Å². The molecule has 0 bridgehead atoms. The highest BCUT2D eigenvalue weighted by Crippen LogP contribution is 2.17. The highest BCUT2D eigenvalue weighted by Gasteiger charge is 2.18. The third-order valence-corrected chi connectivity index (χ3v) is 2.96. The largest absolute Gasteiger partial charge is 0.472 e. The van der Waals surface area contributed by atoms with Gasteiger partial charge in [-0.05, 0) is 24.3 Å². The maximum absolute atomic E-state index is 11.9. The molecule has 0 aliphatic heterocycles. The third kappa shape index (κ3) is 2.49. The molecular weight excluding hydrogens is 258 g/mol. The Morgan fingerprint density at radius 3 is 2.95 bits per heavy atom. The summed E-state index contributed by atoms with van der Waals surface area (Å²) in [5.41, 5.74) is 0.490. The van der Waals surface area contributed by atoms with Gasteiger partial charge in [-0.15, -0.1) is 0 Å². The van der Waals surface area contributed by atoms with Gasteiger partial charge in [0, 0.05) is 18.9 Å². The van der Waals surface area contributed by atoms with Gasteiger partial charge in [0.1, 0.15) is 18.1 Å². The molecule has 20 heavy (non-hydrogen) atoms. The molecule has 0 saturated carbocycles. The number of nitrogens with zero attached hydrogens (tertiary/aromatic N) is 2. The molecule has 0 aliphatic carbocycles. The number of furan rings is 2. The lowest BCUT2D eigenvalue weighted by molar-refractivity contribution is 0.0947. The average molecular weight is 271 g/mol. The first-order valence-corrected chi connectivity index (χ1v) is 6.17. The average Bonchev–Trinajstić information content (AvgIpc) is 3.22. The molecule has 0 saturated heterocycles. The van der Waals surface area contributed by atoms with Gasteiger partial charge in [0.2, 0.25) is 0 Å². The highest BCUT2D eigenvalue weighted by atomic mass is 16.3. The van der Waals surface area contributed by atoms with Gasteiger partial charge in [0.15, 0.2) is 0 Å². The summed E-state index contributed by atoms with van der Waals surface area (Å²) in [4.78, 5) is 11.9. The minimum Gasteiger partial charge on any atom is -0.472 e. The number of nitrogens with one attached hydrogen (secondary N) is 1. The molecule has 3 aromatic heterocycles. The van der Waals surface area contributed by atoms with Crippen LogP contribution >= 0.6 is 0 Å². The standard InChI is InChI=1S/C14H13N3O3/c18-14(11-4-8-19-10-11)15-9-12(13-3-1-7-20-13)17-6-2-5-16-17/h1-8,10,12H,9H2,(H,15,18)/t12-/m1/s1. The molecule has 6 nitrogen and oxygen atoms in total. The molecule has 0 unspecified atom stereocenters. The molecule has 0 aliphatic rings. The lowest BCUT2D eigenvalue weighted by atomic mass is 10.2. The fraction of sp³-hybridized carbons (Fsp3) is 0.143. The fourth-order valence-electron chi connectivity index (χ4n) is 1.96. The molecule has 3 aromatic rings. The first kappa shape index (κ1) is 12.3. The van der Waals surface area contributed by atoms with Crippen LogP contribution in [-0.2, 0) is 0 Å². The number of carbonyl (C=O) groups excluding carboxylic acids is 1. The summed E-state index contributed by atoms with van der Waals surface area (Å²) in [6.07, 6.45) is 7.99. The van der Waals surface area contributed by atoms with Crippen LogP contribution < -0.4 is 5.32 Å². The Bertz CT molecular complexity index is 608. The summed E-state index contributed by atoms with van der Waals surface area (Å²) in [5, 5.41) is 7.04. The van der Waals surface area contributed by atoms with Crippen molar-refractivity contribution in [2.45, 2.75) is 6.04 Å². The molecule has 6 heteroatoms. The van der Waals surface area contributed by atoms with Gasteiger partial charge in [0.05, 0.1) is 18.1 Å². The van der Waals surface area contributed by atoms with E-state index in [0.717, 1.165) is 5.76 Å². The van der Waals surface area contributed by atoms with Crippen LogP contribution in [0.1, 0.15) is 22.2 Å². The van der Waals surface area contributed by atoms with E-state index in [1.54, 1.807) is 23.2 Å². The van der Waals surface area contributed by atoms with Gasteiger partial charge in [-0.2, -0.15) is 5.10 Å². The molecule has 3 rings (SSSR count). The van der Waals surface area contributed by atoms with E-state index in [4.69, 9.17) is 8.83 Å². The van der Waals surface area contributed by atoms with Crippen LogP contribution in [0, 0.1) is 0 Å². The summed E-state index contributed by atoms with van der Waals surface area (Å²) in [6, 6.07) is 6.93. The second kappa shape index (κ2) is 5.48. The van der Waals surface area contributed by atoms with Gasteiger partial charge in [-0.3, -0.25) is 9.48 Å². The zero-order chi connectivity index (χ0) is 13.8. The molecule has 0 fully saturated rings. The monoisotopic (exact) mass is 271 g/mol. The van der Waals surface area contributed by atoms with E-state index >= 15 is 0 Å². The minimum atomic E-state index is -0.192. The summed E-state index contributed by atoms with van der Waals surface area (Å²) >= 11 is 0. The first-order chi connectivity index (χ1) is 9.84. The second-order valence-corrected chi connectivity index (χ2v) is 4.24. The molecule has 1 N–H and O–H groups in total. The van der Waals surface area contributed by atoms with Crippen LogP contribution in [0.2, 0.25) is 0 Å². The predicted molar refractivity (Wildman–Crippen MR) is 70.1 cm³/mol. The molecule has 0 spiro atoms. The zero-order valence-electron chi connectivity index (χ0n) is 10.6. The Morgan fingerprint density at radius 2 is 2.30 bits per heavy atom. The molecule has 0 radical (unpaired) electrons. The lowest BCUT2D eigenvalue weighted by Gasteiger charge is -2.15. The lowest BCUT2D eigenvalue weighted by Crippen LogP contribution is -2.31. The van der Waals surface area contributed by atoms with Crippen molar-refractivity contribution in [2.75, 3.05) is 6.54 Å². The van der Waals surface area contributed by atoms with E-state index in [1.807, 2.05) is 24.4 Å². The number of hydrogen-bond acceptors (Lipinski definition) is 4. The number of hydrogen-bond donors (Lipinski definition) is 1. The van der Waals surface area contributed by atoms with Crippen molar-refractivity contribution in [1.29, 1.82) is 0 Å². The molecule has 3 heterocycles. The van der Waals surface area contributed by atoms with Crippen molar-refractivity contribution in [3.05, 3.63) is 66.8 Å². The summed E-state index contributed by atoms with van der Waals surface area (Å²) in [7, 11) is 0. The number of amides is 1. The van der Waals surface area contributed by atoms with Crippen molar-refractivity contribution in [1.82, 2.24) is 15.1 Å². The Morgan fingerprint density at radius 1 is 1.35 bits per heavy atom. The minimum absolute atomic E-state index is 0.184. The zero-order valence-corrected chi connectivity index (χ0v) is 10.6. The molecule has 102 valence electrons. The van der Waals surface area contributed by atoms with Gasteiger partial charge < -0.3 is 14.2 Å². The number of carbonyl (C=O) groups is 1. The van der Waals surface area contributed by atoms with Crippen molar-refractivity contribution in [2.24, 2.45) is 0 Å². The van der Waals surface area contributed by atoms with Crippen molar-refractivity contribution in [3.8, 4) is 0 Å². The maximum atomic E-state index is 11.9. The number of aromatic nitrogens is 2.